The Bertz CT molecular complexity index is 5610. The van der Waals surface area contributed by atoms with Crippen molar-refractivity contribution in [3.05, 3.63) is 299 Å². The number of nitrogens with one attached hydrogen (secondary N) is 1. The smallest absolute Gasteiger partial charge is 0.337 e. The van der Waals surface area contributed by atoms with Gasteiger partial charge >= 0.3 is 29.8 Å². The number of carboxylic acids is 3. The van der Waals surface area contributed by atoms with E-state index in [1.807, 2.05) is 72.8 Å². The number of carbonyl (C=O) groups excluding carboxylic acids is 2. The maximum Gasteiger partial charge on any atom is 0.337 e. The lowest BCUT2D eigenvalue weighted by molar-refractivity contribution is -0.143. The highest BCUT2D eigenvalue weighted by molar-refractivity contribution is 9.11. The summed E-state index contributed by atoms with van der Waals surface area (Å²) in [4.78, 5) is 95.5. The predicted molar refractivity (Wildman–Crippen MR) is 446 cm³/mol. The number of nitrogens with zero attached hydrogens (tertiary/aromatic N) is 2. The van der Waals surface area contributed by atoms with Gasteiger partial charge in [0.15, 0.2) is 16.3 Å². The third kappa shape index (κ3) is 21.9. The number of H-pyrrole nitrogens is 1. The molecular weight excluding hydrogens is 1910 g/mol. The first kappa shape index (κ1) is 84.8. The van der Waals surface area contributed by atoms with Crippen molar-refractivity contribution in [2.45, 2.75) is 33.4 Å². The highest BCUT2D eigenvalue weighted by Gasteiger charge is 2.20. The lowest BCUT2D eigenvalue weighted by Crippen LogP contribution is -2.18. The molecule has 0 spiro atoms. The van der Waals surface area contributed by atoms with Crippen LogP contribution in [0.2, 0.25) is 25.1 Å². The van der Waals surface area contributed by atoms with Crippen LogP contribution in [0.25, 0.3) is 65.4 Å². The van der Waals surface area contributed by atoms with Gasteiger partial charge in [0.25, 0.3) is 0 Å². The Kier molecular flexibility index (Phi) is 32.7. The standard InChI is InChI=1S/C17H13BrClNO3.C15H9BrClNO3.C14H10BrClO2.C13H7BrClNO.C7H7NO2.C6H3Br2Cl.C4H7BrO2/c1-2-23-14(21)9-20-13-6-4-3-5-10(13)17(22)11-7-8-12(18)15(19)16(11)20;16-10-6-5-9-14(13(10)17)18(7-12(19)20)11-4-2-1-3-8(11)15(9)21;15-12-7-3-5-10(13(12)16)8-9-4-1-2-6-11(9)14(17)18;14-9-6-5-8-12(11(9)15)16-10-4-2-1-3-7(10)13(8)17;8-6-4-2-1-3-5(6)7(9)10;7-4-2-1-3-5(8)6(4)9;1-2-7-4(6)3-5/h3-8H,2,9H2,1H3;1-6H,7H2,(H,19,20);1-7H,8H2,(H,17,18);1-6H,(H,16,17);1-4H,8H2,(H,9,10);1-3H;2-3H2,1H3. The van der Waals surface area contributed by atoms with Gasteiger partial charge in [-0.05, 0) is 236 Å². The number of aromatic amines is 1. The van der Waals surface area contributed by atoms with Crippen LogP contribution in [0.4, 0.5) is 5.69 Å². The van der Waals surface area contributed by atoms with E-state index < -0.39 is 17.9 Å². The van der Waals surface area contributed by atoms with Gasteiger partial charge in [-0.25, -0.2) is 9.59 Å². The number of carboxylic acid groups (broad SMARTS) is 3. The zero-order chi connectivity index (χ0) is 76.9. The number of ether oxygens (including phenoxy) is 2. The second kappa shape index (κ2) is 40.5. The summed E-state index contributed by atoms with van der Waals surface area (Å²) >= 11 is 53.7. The van der Waals surface area contributed by atoms with Gasteiger partial charge in [-0.3, -0.25) is 28.8 Å². The number of alkyl halides is 1. The van der Waals surface area contributed by atoms with Crippen molar-refractivity contribution in [1.29, 1.82) is 0 Å². The number of para-hydroxylation sites is 4. The lowest BCUT2D eigenvalue weighted by Gasteiger charge is -2.16. The summed E-state index contributed by atoms with van der Waals surface area (Å²) in [5, 5.41) is 32.9. The zero-order valence-corrected chi connectivity index (χ0v) is 69.5. The molecule has 17 nitrogen and oxygen atoms in total. The fraction of sp³-hybridized carbons (Fsp3) is 0.105. The molecule has 0 aliphatic carbocycles. The van der Waals surface area contributed by atoms with Crippen LogP contribution in [0.15, 0.2) is 235 Å². The summed E-state index contributed by atoms with van der Waals surface area (Å²) in [7, 11) is 0. The van der Waals surface area contributed by atoms with Crippen LogP contribution >= 0.6 is 170 Å². The van der Waals surface area contributed by atoms with E-state index in [1.54, 1.807) is 138 Å². The Morgan fingerprint density at radius 1 is 0.419 bits per heavy atom. The van der Waals surface area contributed by atoms with Gasteiger partial charge in [-0.1, -0.05) is 159 Å². The number of aromatic carboxylic acids is 2. The van der Waals surface area contributed by atoms with Gasteiger partial charge in [-0.15, -0.1) is 0 Å². The minimum absolute atomic E-state index is 0.00347. The molecule has 0 aliphatic heterocycles. The summed E-state index contributed by atoms with van der Waals surface area (Å²) in [6.45, 7) is 4.01. The van der Waals surface area contributed by atoms with E-state index in [4.69, 9.17) is 83.8 Å². The van der Waals surface area contributed by atoms with Crippen LogP contribution in [0, 0.1) is 0 Å². The maximum atomic E-state index is 12.7. The molecular formula is C76H56Br7Cl5N4O13. The Balaban J connectivity index is 0.000000177. The molecule has 0 bridgehead atoms. The molecule has 6 N–H and O–H groups in total. The van der Waals surface area contributed by atoms with Crippen molar-refractivity contribution < 1.29 is 48.8 Å². The molecule has 3 aromatic heterocycles. The van der Waals surface area contributed by atoms with Crippen LogP contribution in [0.3, 0.4) is 0 Å². The summed E-state index contributed by atoms with van der Waals surface area (Å²) < 4.78 is 17.5. The number of anilines is 1. The molecule has 10 aromatic carbocycles. The van der Waals surface area contributed by atoms with Crippen LogP contribution < -0.4 is 22.0 Å². The van der Waals surface area contributed by atoms with Crippen molar-refractivity contribution >= 4 is 270 Å². The van der Waals surface area contributed by atoms with Crippen LogP contribution in [0.1, 0.15) is 45.7 Å². The first-order valence-corrected chi connectivity index (χ1v) is 38.5. The Morgan fingerprint density at radius 3 is 1.30 bits per heavy atom. The van der Waals surface area contributed by atoms with E-state index in [9.17, 15) is 38.4 Å². The van der Waals surface area contributed by atoms with Crippen LogP contribution in [-0.2, 0) is 43.4 Å². The number of carbonyl (C=O) groups is 5. The third-order valence-corrected chi connectivity index (χ3v) is 22.7. The fourth-order valence-electron chi connectivity index (χ4n) is 10.2. The van der Waals surface area contributed by atoms with Crippen LogP contribution in [-0.4, -0.2) is 77.8 Å². The molecule has 0 unspecified atom stereocenters. The van der Waals surface area contributed by atoms with Gasteiger partial charge in [0.1, 0.15) is 18.4 Å². The number of rotatable bonds is 11. The van der Waals surface area contributed by atoms with Gasteiger partial charge < -0.3 is 44.6 Å². The second-order valence-corrected chi connectivity index (χ2v) is 29.2. The molecule has 29 heteroatoms. The van der Waals surface area contributed by atoms with E-state index in [2.05, 4.69) is 121 Å². The molecule has 0 amide bonds. The highest BCUT2D eigenvalue weighted by atomic mass is 79.9. The predicted octanol–water partition coefficient (Wildman–Crippen LogP) is 22.1. The molecule has 13 aromatic rings. The average molecular weight is 1970 g/mol. The van der Waals surface area contributed by atoms with Gasteiger partial charge in [0.05, 0.1) is 77.0 Å². The number of hydrogen-bond acceptors (Lipinski definition) is 11. The number of benzene rings is 10. The normalized spacial score (nSPS) is 10.5. The monoisotopic (exact) mass is 1960 g/mol. The minimum atomic E-state index is -0.999. The first-order valence-electron chi connectivity index (χ1n) is 30.7. The van der Waals surface area contributed by atoms with E-state index in [0.717, 1.165) is 39.6 Å². The molecule has 0 fully saturated rings. The molecule has 0 radical (unpaired) electrons. The largest absolute Gasteiger partial charge is 0.480 e. The maximum absolute atomic E-state index is 12.7. The van der Waals surface area contributed by atoms with Crippen molar-refractivity contribution in [3.63, 3.8) is 0 Å². The SMILES string of the molecule is CCOC(=O)CBr.CCOC(=O)Cn1c2ccccc2c(=O)c2ccc(Br)c(Cl)c21.Clc1c(Br)cccc1Br.Nc1ccccc1C(=O)O.O=C(O)Cn1c2ccccc2c(=O)c2ccc(Br)c(Cl)c21.O=C(O)c1ccccc1Cc1cccc(Br)c1Cl.O=c1c2ccccc2[nH]c2c(Cl)c(Br)ccc12. The van der Waals surface area contributed by atoms with Crippen molar-refractivity contribution in [2.24, 2.45) is 0 Å². The summed E-state index contributed by atoms with van der Waals surface area (Å²) in [5.41, 5.74) is 11.1. The number of halogens is 12. The second-order valence-electron chi connectivity index (χ2n) is 21.6. The highest BCUT2D eigenvalue weighted by Crippen LogP contribution is 2.36. The number of esters is 2. The lowest BCUT2D eigenvalue weighted by atomic mass is 10.00. The fourth-order valence-corrected chi connectivity index (χ4v) is 13.8. The van der Waals surface area contributed by atoms with Gasteiger partial charge in [-0.2, -0.15) is 0 Å². The number of aliphatic carboxylic acids is 1. The number of nitrogen functional groups attached to an aromatic ring is 1. The first-order chi connectivity index (χ1) is 50.1. The van der Waals surface area contributed by atoms with Gasteiger partial charge in [0.2, 0.25) is 0 Å². The van der Waals surface area contributed by atoms with E-state index in [-0.39, 0.29) is 46.9 Å². The van der Waals surface area contributed by atoms with E-state index in [1.165, 1.54) is 6.07 Å². The molecule has 105 heavy (non-hydrogen) atoms. The van der Waals surface area contributed by atoms with Crippen molar-refractivity contribution in [2.75, 3.05) is 24.3 Å². The summed E-state index contributed by atoms with van der Waals surface area (Å²) in [5.74, 6) is -3.49. The van der Waals surface area contributed by atoms with E-state index >= 15 is 0 Å². The Labute approximate surface area is 683 Å². The molecule has 0 atom stereocenters. The number of aromatic nitrogens is 3. The minimum Gasteiger partial charge on any atom is -0.480 e. The Morgan fingerprint density at radius 2 is 0.819 bits per heavy atom. The quantitative estimate of drug-likeness (QED) is 0.0265. The van der Waals surface area contributed by atoms with Crippen LogP contribution in [0.5, 0.6) is 0 Å². The average Bonchev–Trinajstić information content (AvgIpc) is 0.753. The molecule has 0 aliphatic rings. The van der Waals surface area contributed by atoms with E-state index in [0.29, 0.717) is 125 Å². The summed E-state index contributed by atoms with van der Waals surface area (Å²) in [6.07, 6.45) is 0.501. The summed E-state index contributed by atoms with van der Waals surface area (Å²) in [6, 6.07) is 56.5. The molecule has 0 saturated carbocycles. The molecule has 0 saturated heterocycles. The number of fused-ring (bicyclic) bond motifs is 6. The molecule has 3 heterocycles. The topological polar surface area (TPSA) is 267 Å². The third-order valence-electron chi connectivity index (χ3n) is 14.9. The number of hydrogen-bond donors (Lipinski definition) is 5. The molecule has 13 rings (SSSR count). The Hall–Kier alpha value is -7.43. The number of nitrogens with two attached hydrogens (primary N) is 1. The van der Waals surface area contributed by atoms with Crippen molar-refractivity contribution in [1.82, 2.24) is 14.1 Å². The number of pyridine rings is 3. The van der Waals surface area contributed by atoms with Crippen molar-refractivity contribution in [3.8, 4) is 0 Å². The molecule has 542 valence electrons. The zero-order valence-electron chi connectivity index (χ0n) is 54.6. The van der Waals surface area contributed by atoms with Gasteiger partial charge in [0, 0.05) is 70.4 Å².